The van der Waals surface area contributed by atoms with Gasteiger partial charge in [0.1, 0.15) is 15.3 Å². The molecule has 0 bridgehead atoms. The van der Waals surface area contributed by atoms with Crippen LogP contribution in [0.3, 0.4) is 0 Å². The van der Waals surface area contributed by atoms with E-state index < -0.39 is 16.1 Å². The first-order chi connectivity index (χ1) is 17.0. The van der Waals surface area contributed by atoms with Crippen LogP contribution < -0.4 is 5.32 Å². The van der Waals surface area contributed by atoms with Crippen LogP contribution in [0.2, 0.25) is 0 Å². The van der Waals surface area contributed by atoms with Crippen LogP contribution in [0, 0.1) is 0 Å². The van der Waals surface area contributed by atoms with Gasteiger partial charge >= 0.3 is 0 Å². The van der Waals surface area contributed by atoms with Gasteiger partial charge in [0.2, 0.25) is 5.91 Å². The van der Waals surface area contributed by atoms with E-state index in [1.807, 2.05) is 4.90 Å². The Hall–Kier alpha value is -1.75. The normalized spacial score (nSPS) is 21.8. The number of nitrogens with one attached hydrogen (secondary N) is 1. The molecule has 2 aliphatic heterocycles. The van der Waals surface area contributed by atoms with E-state index in [1.165, 1.54) is 31.9 Å². The van der Waals surface area contributed by atoms with Gasteiger partial charge in [-0.05, 0) is 74.8 Å². The van der Waals surface area contributed by atoms with Crippen molar-refractivity contribution in [3.8, 4) is 0 Å². The predicted molar refractivity (Wildman–Crippen MR) is 140 cm³/mol. The number of amides is 2. The van der Waals surface area contributed by atoms with E-state index in [1.54, 1.807) is 17.5 Å². The Morgan fingerprint density at radius 2 is 1.69 bits per heavy atom. The summed E-state index contributed by atoms with van der Waals surface area (Å²) in [5.74, 6) is -0.306. The minimum atomic E-state index is -3.74. The van der Waals surface area contributed by atoms with Crippen LogP contribution in [0.5, 0.6) is 0 Å². The number of hydrogen-bond donors (Lipinski definition) is 1. The van der Waals surface area contributed by atoms with Crippen LogP contribution in [-0.4, -0.2) is 55.1 Å². The maximum absolute atomic E-state index is 13.7. The highest BCUT2D eigenvalue weighted by molar-refractivity contribution is 7.91. The summed E-state index contributed by atoms with van der Waals surface area (Å²) in [5.41, 5.74) is 1.76. The standard InChI is InChI=1S/C25H33N3O4S3/c29-23(19-11-5-8-16-28(19)35(31,32)21-13-9-17-33-21)26-24-22(25(30)27-14-6-2-7-15-27)18-10-3-1-4-12-20(18)34-24/h9,13,17,19H,1-8,10-12,14-16H2,(H,26,29)/t19-/m1/s1. The van der Waals surface area contributed by atoms with Gasteiger partial charge in [0.05, 0.1) is 5.56 Å². The lowest BCUT2D eigenvalue weighted by Gasteiger charge is -2.33. The van der Waals surface area contributed by atoms with Crippen LogP contribution in [0.15, 0.2) is 21.7 Å². The maximum atomic E-state index is 13.7. The summed E-state index contributed by atoms with van der Waals surface area (Å²) in [4.78, 5) is 30.4. The van der Waals surface area contributed by atoms with Crippen LogP contribution >= 0.6 is 22.7 Å². The average molecular weight is 536 g/mol. The van der Waals surface area contributed by atoms with Crippen LogP contribution in [0.4, 0.5) is 5.00 Å². The first-order valence-corrected chi connectivity index (χ1v) is 15.9. The molecule has 190 valence electrons. The van der Waals surface area contributed by atoms with E-state index >= 15 is 0 Å². The van der Waals surface area contributed by atoms with E-state index in [2.05, 4.69) is 5.32 Å². The molecule has 2 fully saturated rings. The third-order valence-corrected chi connectivity index (χ3v) is 11.8. The zero-order valence-corrected chi connectivity index (χ0v) is 22.4. The van der Waals surface area contributed by atoms with Gasteiger partial charge in [-0.1, -0.05) is 18.9 Å². The Morgan fingerprint density at radius 1 is 0.943 bits per heavy atom. The highest BCUT2D eigenvalue weighted by Crippen LogP contribution is 2.39. The smallest absolute Gasteiger partial charge is 0.257 e. The van der Waals surface area contributed by atoms with E-state index in [4.69, 9.17) is 0 Å². The predicted octanol–water partition coefficient (Wildman–Crippen LogP) is 4.89. The number of hydrogen-bond acceptors (Lipinski definition) is 6. The third kappa shape index (κ3) is 5.08. The summed E-state index contributed by atoms with van der Waals surface area (Å²) >= 11 is 2.70. The van der Waals surface area contributed by atoms with Crippen molar-refractivity contribution in [2.45, 2.75) is 80.9 Å². The third-order valence-electron chi connectivity index (χ3n) is 7.33. The van der Waals surface area contributed by atoms with Crippen molar-refractivity contribution in [3.05, 3.63) is 33.5 Å². The quantitative estimate of drug-likeness (QED) is 0.553. The summed E-state index contributed by atoms with van der Waals surface area (Å²) in [7, 11) is -3.74. The zero-order valence-electron chi connectivity index (χ0n) is 20.0. The molecule has 4 heterocycles. The molecule has 7 nitrogen and oxygen atoms in total. The number of anilines is 1. The second-order valence-electron chi connectivity index (χ2n) is 9.67. The monoisotopic (exact) mass is 535 g/mol. The molecule has 1 aliphatic carbocycles. The summed E-state index contributed by atoms with van der Waals surface area (Å²) in [6.07, 6.45) is 10.3. The van der Waals surface area contributed by atoms with E-state index in [0.29, 0.717) is 23.5 Å². The van der Waals surface area contributed by atoms with Crippen LogP contribution in [0.25, 0.3) is 0 Å². The number of carbonyl (C=O) groups is 2. The summed E-state index contributed by atoms with van der Waals surface area (Å²) in [6.45, 7) is 1.84. The molecule has 0 aromatic carbocycles. The second kappa shape index (κ2) is 10.7. The largest absolute Gasteiger partial charge is 0.339 e. The molecule has 1 atom stereocenters. The molecule has 1 N–H and O–H groups in total. The molecule has 35 heavy (non-hydrogen) atoms. The molecule has 3 aliphatic rings. The fourth-order valence-electron chi connectivity index (χ4n) is 5.49. The van der Waals surface area contributed by atoms with Crippen molar-refractivity contribution in [1.29, 1.82) is 0 Å². The lowest BCUT2D eigenvalue weighted by molar-refractivity contribution is -0.120. The minimum absolute atomic E-state index is 0.0195. The molecule has 0 saturated carbocycles. The van der Waals surface area contributed by atoms with Gasteiger partial charge in [0.15, 0.2) is 0 Å². The molecule has 5 rings (SSSR count). The molecule has 10 heteroatoms. The molecule has 2 aromatic heterocycles. The van der Waals surface area contributed by atoms with Crippen molar-refractivity contribution >= 4 is 49.5 Å². The van der Waals surface area contributed by atoms with Crippen molar-refractivity contribution < 1.29 is 18.0 Å². The van der Waals surface area contributed by atoms with E-state index in [9.17, 15) is 18.0 Å². The number of aryl methyl sites for hydroxylation is 1. The van der Waals surface area contributed by atoms with E-state index in [-0.39, 0.29) is 16.0 Å². The molecule has 0 radical (unpaired) electrons. The molecule has 2 saturated heterocycles. The van der Waals surface area contributed by atoms with Crippen molar-refractivity contribution in [2.24, 2.45) is 0 Å². The molecule has 0 unspecified atom stereocenters. The number of fused-ring (bicyclic) bond motifs is 1. The number of nitrogens with zero attached hydrogens (tertiary/aromatic N) is 2. The fourth-order valence-corrected chi connectivity index (χ4v) is 9.55. The Labute approximate surface area is 215 Å². The number of piperidine rings is 2. The summed E-state index contributed by atoms with van der Waals surface area (Å²) in [6, 6.07) is 2.54. The molecular formula is C25H33N3O4S3. The average Bonchev–Trinajstić information content (AvgIpc) is 3.48. The molecule has 2 amide bonds. The van der Waals surface area contributed by atoms with Gasteiger partial charge in [0.25, 0.3) is 15.9 Å². The molecule has 0 spiro atoms. The van der Waals surface area contributed by atoms with Crippen molar-refractivity contribution in [3.63, 3.8) is 0 Å². The maximum Gasteiger partial charge on any atom is 0.257 e. The lowest BCUT2D eigenvalue weighted by atomic mass is 10.0. The topological polar surface area (TPSA) is 86.8 Å². The van der Waals surface area contributed by atoms with Gasteiger partial charge < -0.3 is 10.2 Å². The molecule has 2 aromatic rings. The van der Waals surface area contributed by atoms with Gasteiger partial charge in [-0.3, -0.25) is 9.59 Å². The second-order valence-corrected chi connectivity index (χ2v) is 13.8. The van der Waals surface area contributed by atoms with Gasteiger partial charge in [-0.25, -0.2) is 8.42 Å². The highest BCUT2D eigenvalue weighted by atomic mass is 32.2. The zero-order chi connectivity index (χ0) is 24.4. The Bertz CT molecular complexity index is 1170. The van der Waals surface area contributed by atoms with Gasteiger partial charge in [0, 0.05) is 24.5 Å². The molecular weight excluding hydrogens is 502 g/mol. The number of likely N-dealkylation sites (tertiary alicyclic amines) is 1. The highest BCUT2D eigenvalue weighted by Gasteiger charge is 2.39. The van der Waals surface area contributed by atoms with Crippen LogP contribution in [0.1, 0.15) is 78.6 Å². The lowest BCUT2D eigenvalue weighted by Crippen LogP contribution is -2.49. The summed E-state index contributed by atoms with van der Waals surface area (Å²) in [5, 5.41) is 5.40. The van der Waals surface area contributed by atoms with Crippen molar-refractivity contribution in [1.82, 2.24) is 9.21 Å². The number of rotatable bonds is 5. The number of thiophene rings is 2. The minimum Gasteiger partial charge on any atom is -0.339 e. The fraction of sp³-hybridized carbons (Fsp3) is 0.600. The number of carbonyl (C=O) groups excluding carboxylic acids is 2. The van der Waals surface area contributed by atoms with Gasteiger partial charge in [-0.15, -0.1) is 22.7 Å². The first-order valence-electron chi connectivity index (χ1n) is 12.8. The van der Waals surface area contributed by atoms with Gasteiger partial charge in [-0.2, -0.15) is 4.31 Å². The van der Waals surface area contributed by atoms with Crippen molar-refractivity contribution in [2.75, 3.05) is 25.0 Å². The Morgan fingerprint density at radius 3 is 2.46 bits per heavy atom. The Kier molecular flexibility index (Phi) is 7.62. The number of sulfonamides is 1. The van der Waals surface area contributed by atoms with E-state index in [0.717, 1.165) is 82.9 Å². The summed E-state index contributed by atoms with van der Waals surface area (Å²) < 4.78 is 28.2. The SMILES string of the molecule is O=C(Nc1sc2c(c1C(=O)N1CCCCC1)CCCCC2)[C@H]1CCCCN1S(=O)(=O)c1cccs1. The first kappa shape index (κ1) is 24.9. The Balaban J connectivity index is 1.44. The van der Waals surface area contributed by atoms with Crippen LogP contribution in [-0.2, 0) is 27.7 Å².